The van der Waals surface area contributed by atoms with Crippen molar-refractivity contribution in [2.75, 3.05) is 12.8 Å². The number of hydrogen-bond acceptors (Lipinski definition) is 3. The molecule has 0 spiro atoms. The highest BCUT2D eigenvalue weighted by Crippen LogP contribution is 2.19. The highest BCUT2D eigenvalue weighted by molar-refractivity contribution is 7.88. The van der Waals surface area contributed by atoms with Gasteiger partial charge in [0.15, 0.2) is 0 Å². The third-order valence-electron chi connectivity index (χ3n) is 2.08. The summed E-state index contributed by atoms with van der Waals surface area (Å²) in [6.45, 7) is 2.17. The average molecular weight is 179 g/mol. The standard InChI is InChI=1S/C6H13NO3S/c1-5-6(8)3-4-7(5)11(2,9)10/h5-6,8H,3-4H2,1-2H3/t5-,6+/m0/s1. The maximum atomic E-state index is 11.0. The molecule has 0 saturated carbocycles. The van der Waals surface area contributed by atoms with Gasteiger partial charge in [-0.1, -0.05) is 0 Å². The number of aliphatic hydroxyl groups excluding tert-OH is 1. The fourth-order valence-electron chi connectivity index (χ4n) is 1.36. The van der Waals surface area contributed by atoms with Crippen molar-refractivity contribution in [3.63, 3.8) is 0 Å². The maximum Gasteiger partial charge on any atom is 0.211 e. The molecule has 1 fully saturated rings. The van der Waals surface area contributed by atoms with Gasteiger partial charge in [-0.05, 0) is 13.3 Å². The Balaban J connectivity index is 2.78. The van der Waals surface area contributed by atoms with Crippen LogP contribution in [0.15, 0.2) is 0 Å². The molecule has 1 saturated heterocycles. The minimum atomic E-state index is -3.11. The Bertz CT molecular complexity index is 236. The van der Waals surface area contributed by atoms with Crippen molar-refractivity contribution in [1.82, 2.24) is 4.31 Å². The van der Waals surface area contributed by atoms with E-state index in [0.29, 0.717) is 13.0 Å². The molecule has 2 atom stereocenters. The minimum absolute atomic E-state index is 0.259. The van der Waals surface area contributed by atoms with Gasteiger partial charge in [0.05, 0.1) is 12.4 Å². The first-order valence-electron chi connectivity index (χ1n) is 3.58. The predicted octanol–water partition coefficient (Wildman–Crippen LogP) is -0.599. The smallest absolute Gasteiger partial charge is 0.211 e. The molecule has 0 bridgehead atoms. The molecule has 1 rings (SSSR count). The molecule has 0 aromatic carbocycles. The quantitative estimate of drug-likeness (QED) is 0.585. The summed E-state index contributed by atoms with van der Waals surface area (Å²) < 4.78 is 23.3. The second-order valence-corrected chi connectivity index (χ2v) is 4.91. The molecule has 0 unspecified atom stereocenters. The van der Waals surface area contributed by atoms with Crippen molar-refractivity contribution in [3.05, 3.63) is 0 Å². The van der Waals surface area contributed by atoms with Crippen LogP contribution in [0.25, 0.3) is 0 Å². The summed E-state index contributed by atoms with van der Waals surface area (Å²) in [7, 11) is -3.11. The van der Waals surface area contributed by atoms with Crippen LogP contribution in [0.3, 0.4) is 0 Å². The summed E-state index contributed by atoms with van der Waals surface area (Å²) in [5.74, 6) is 0. The second-order valence-electron chi connectivity index (χ2n) is 2.97. The Labute approximate surface area is 66.9 Å². The van der Waals surface area contributed by atoms with Gasteiger partial charge in [-0.15, -0.1) is 0 Å². The Hall–Kier alpha value is -0.130. The van der Waals surface area contributed by atoms with E-state index in [-0.39, 0.29) is 6.04 Å². The normalized spacial score (nSPS) is 34.5. The number of nitrogens with zero attached hydrogens (tertiary/aromatic N) is 1. The third-order valence-corrected chi connectivity index (χ3v) is 3.45. The van der Waals surface area contributed by atoms with Crippen LogP contribution in [0.1, 0.15) is 13.3 Å². The topological polar surface area (TPSA) is 57.6 Å². The molecule has 66 valence electrons. The molecular weight excluding hydrogens is 166 g/mol. The summed E-state index contributed by atoms with van der Waals surface area (Å²) in [4.78, 5) is 0. The van der Waals surface area contributed by atoms with Crippen molar-refractivity contribution in [3.8, 4) is 0 Å². The van der Waals surface area contributed by atoms with Gasteiger partial charge in [0, 0.05) is 12.6 Å². The molecule has 11 heavy (non-hydrogen) atoms. The molecule has 1 heterocycles. The molecule has 0 aliphatic carbocycles. The lowest BCUT2D eigenvalue weighted by Crippen LogP contribution is -2.36. The van der Waals surface area contributed by atoms with Crippen LogP contribution >= 0.6 is 0 Å². The van der Waals surface area contributed by atoms with Crippen molar-refractivity contribution >= 4 is 10.0 Å². The minimum Gasteiger partial charge on any atom is -0.391 e. The van der Waals surface area contributed by atoms with Gasteiger partial charge in [-0.25, -0.2) is 8.42 Å². The van der Waals surface area contributed by atoms with E-state index in [1.165, 1.54) is 10.6 Å². The van der Waals surface area contributed by atoms with E-state index >= 15 is 0 Å². The fourth-order valence-corrected chi connectivity index (χ4v) is 2.55. The molecule has 0 aromatic rings. The summed E-state index contributed by atoms with van der Waals surface area (Å²) in [5, 5.41) is 9.23. The van der Waals surface area contributed by atoms with E-state index in [1.54, 1.807) is 6.92 Å². The second kappa shape index (κ2) is 2.73. The lowest BCUT2D eigenvalue weighted by Gasteiger charge is -2.19. The monoisotopic (exact) mass is 179 g/mol. The van der Waals surface area contributed by atoms with Crippen molar-refractivity contribution in [2.45, 2.75) is 25.5 Å². The first-order chi connectivity index (χ1) is 4.93. The van der Waals surface area contributed by atoms with E-state index in [1.807, 2.05) is 0 Å². The van der Waals surface area contributed by atoms with E-state index in [9.17, 15) is 13.5 Å². The van der Waals surface area contributed by atoms with E-state index in [0.717, 1.165) is 0 Å². The number of hydrogen-bond donors (Lipinski definition) is 1. The number of rotatable bonds is 1. The lowest BCUT2D eigenvalue weighted by molar-refractivity contribution is 0.151. The van der Waals surface area contributed by atoms with Gasteiger partial charge in [0.2, 0.25) is 10.0 Å². The SMILES string of the molecule is C[C@H]1[C@H](O)CCN1S(C)(=O)=O. The highest BCUT2D eigenvalue weighted by atomic mass is 32.2. The largest absolute Gasteiger partial charge is 0.391 e. The molecule has 4 nitrogen and oxygen atoms in total. The Morgan fingerprint density at radius 1 is 1.55 bits per heavy atom. The van der Waals surface area contributed by atoms with Gasteiger partial charge in [0.1, 0.15) is 0 Å². The molecule has 0 radical (unpaired) electrons. The van der Waals surface area contributed by atoms with Crippen LogP contribution in [0, 0.1) is 0 Å². The highest BCUT2D eigenvalue weighted by Gasteiger charge is 2.34. The average Bonchev–Trinajstić information content (AvgIpc) is 2.11. The van der Waals surface area contributed by atoms with E-state index in [4.69, 9.17) is 0 Å². The van der Waals surface area contributed by atoms with Crippen LogP contribution < -0.4 is 0 Å². The molecule has 0 aromatic heterocycles. The van der Waals surface area contributed by atoms with Gasteiger partial charge < -0.3 is 5.11 Å². The maximum absolute atomic E-state index is 11.0. The van der Waals surface area contributed by atoms with Gasteiger partial charge in [-0.2, -0.15) is 4.31 Å². The zero-order valence-electron chi connectivity index (χ0n) is 6.69. The summed E-state index contributed by atoms with van der Waals surface area (Å²) in [6.07, 6.45) is 1.22. The van der Waals surface area contributed by atoms with Crippen LogP contribution in [0.5, 0.6) is 0 Å². The molecule has 1 aliphatic rings. The summed E-state index contributed by atoms with van der Waals surface area (Å²) in [5.41, 5.74) is 0. The predicted molar refractivity (Wildman–Crippen MR) is 41.6 cm³/mol. The van der Waals surface area contributed by atoms with Crippen molar-refractivity contribution in [2.24, 2.45) is 0 Å². The first-order valence-corrected chi connectivity index (χ1v) is 5.42. The van der Waals surface area contributed by atoms with E-state index in [2.05, 4.69) is 0 Å². The first kappa shape index (κ1) is 8.96. The molecule has 1 aliphatic heterocycles. The fraction of sp³-hybridized carbons (Fsp3) is 1.00. The third kappa shape index (κ3) is 1.72. The molecule has 5 heteroatoms. The van der Waals surface area contributed by atoms with Crippen LogP contribution in [0.2, 0.25) is 0 Å². The van der Waals surface area contributed by atoms with Crippen molar-refractivity contribution < 1.29 is 13.5 Å². The Morgan fingerprint density at radius 3 is 2.27 bits per heavy atom. The Morgan fingerprint density at radius 2 is 2.09 bits per heavy atom. The van der Waals surface area contributed by atoms with Gasteiger partial charge >= 0.3 is 0 Å². The van der Waals surface area contributed by atoms with Crippen LogP contribution in [-0.2, 0) is 10.0 Å². The van der Waals surface area contributed by atoms with Gasteiger partial charge in [-0.3, -0.25) is 0 Å². The van der Waals surface area contributed by atoms with Gasteiger partial charge in [0.25, 0.3) is 0 Å². The zero-order valence-corrected chi connectivity index (χ0v) is 7.50. The Kier molecular flexibility index (Phi) is 2.22. The zero-order chi connectivity index (χ0) is 8.65. The van der Waals surface area contributed by atoms with Crippen molar-refractivity contribution in [1.29, 1.82) is 0 Å². The number of sulfonamides is 1. The van der Waals surface area contributed by atoms with Crippen LogP contribution in [0.4, 0.5) is 0 Å². The van der Waals surface area contributed by atoms with E-state index < -0.39 is 16.1 Å². The molecule has 0 amide bonds. The lowest BCUT2D eigenvalue weighted by atomic mass is 10.2. The molecular formula is C6H13NO3S. The molecule has 1 N–H and O–H groups in total. The number of aliphatic hydroxyl groups is 1. The summed E-state index contributed by atoms with van der Waals surface area (Å²) >= 11 is 0. The summed E-state index contributed by atoms with van der Waals surface area (Å²) in [6, 6.07) is -0.259. The van der Waals surface area contributed by atoms with Crippen LogP contribution in [-0.4, -0.2) is 42.8 Å².